The molecule has 0 aromatic carbocycles. The molecule has 0 bridgehead atoms. The van der Waals surface area contributed by atoms with Crippen LogP contribution in [0, 0.1) is 17.3 Å². The predicted octanol–water partition coefficient (Wildman–Crippen LogP) is 5.19. The van der Waals surface area contributed by atoms with Gasteiger partial charge in [0.2, 0.25) is 0 Å². The van der Waals surface area contributed by atoms with Gasteiger partial charge in [-0.15, -0.1) is 0 Å². The minimum atomic E-state index is -0.566. The van der Waals surface area contributed by atoms with E-state index in [1.807, 2.05) is 13.8 Å². The number of aliphatic hydroxyl groups is 1. The third kappa shape index (κ3) is 5.20. The molecule has 0 saturated heterocycles. The second-order valence-corrected chi connectivity index (χ2v) is 9.03. The molecule has 0 spiro atoms. The molecule has 25 heavy (non-hydrogen) atoms. The molecular weight excluding hydrogens is 312 g/mol. The van der Waals surface area contributed by atoms with Crippen LogP contribution in [0.3, 0.4) is 0 Å². The number of allylic oxidation sites excluding steroid dienone is 2. The number of fused-ring (bicyclic) bond motifs is 1. The number of hydrogen-bond donors (Lipinski definition) is 1. The Morgan fingerprint density at radius 1 is 1.36 bits per heavy atom. The fourth-order valence-corrected chi connectivity index (χ4v) is 4.60. The van der Waals surface area contributed by atoms with Crippen LogP contribution in [0.1, 0.15) is 79.6 Å². The zero-order valence-corrected chi connectivity index (χ0v) is 16.7. The van der Waals surface area contributed by atoms with Gasteiger partial charge < -0.3 is 9.84 Å². The van der Waals surface area contributed by atoms with Gasteiger partial charge in [-0.2, -0.15) is 0 Å². The van der Waals surface area contributed by atoms with Gasteiger partial charge in [0.1, 0.15) is 6.10 Å². The van der Waals surface area contributed by atoms with E-state index in [4.69, 9.17) is 4.74 Å². The van der Waals surface area contributed by atoms with Crippen LogP contribution >= 0.6 is 0 Å². The third-order valence-corrected chi connectivity index (χ3v) is 6.55. The monoisotopic (exact) mass is 348 g/mol. The molecule has 5 atom stereocenters. The van der Waals surface area contributed by atoms with Crippen molar-refractivity contribution < 1.29 is 14.6 Å². The average Bonchev–Trinajstić information content (AvgIpc) is 3.30. The molecule has 1 saturated carbocycles. The summed E-state index contributed by atoms with van der Waals surface area (Å²) >= 11 is 0. The van der Waals surface area contributed by atoms with Crippen LogP contribution in [0.15, 0.2) is 23.8 Å². The maximum absolute atomic E-state index is 11.4. The average molecular weight is 349 g/mol. The number of carbonyl (C=O) groups excluding carboxylic acids is 1. The van der Waals surface area contributed by atoms with Gasteiger partial charge in [-0.3, -0.25) is 4.79 Å². The van der Waals surface area contributed by atoms with Gasteiger partial charge in [-0.25, -0.2) is 0 Å². The second kappa shape index (κ2) is 7.65. The molecule has 2 rings (SSSR count). The van der Waals surface area contributed by atoms with E-state index < -0.39 is 5.60 Å². The second-order valence-electron chi connectivity index (χ2n) is 9.03. The van der Waals surface area contributed by atoms with Gasteiger partial charge in [-0.1, -0.05) is 25.2 Å². The van der Waals surface area contributed by atoms with Crippen LogP contribution in [-0.2, 0) is 9.53 Å². The van der Waals surface area contributed by atoms with E-state index >= 15 is 0 Å². The smallest absolute Gasteiger partial charge is 0.303 e. The largest absolute Gasteiger partial charge is 0.458 e. The Balaban J connectivity index is 2.12. The number of hydrogen-bond acceptors (Lipinski definition) is 3. The van der Waals surface area contributed by atoms with Crippen molar-refractivity contribution in [3.05, 3.63) is 23.8 Å². The highest BCUT2D eigenvalue weighted by atomic mass is 16.5. The molecule has 0 radical (unpaired) electrons. The van der Waals surface area contributed by atoms with Crippen molar-refractivity contribution in [2.24, 2.45) is 17.3 Å². The molecule has 3 nitrogen and oxygen atoms in total. The maximum Gasteiger partial charge on any atom is 0.303 e. The SMILES string of the molecule is C=C(C)[C@H](CC[C@@]1(C)CC/C(C)=C\CC[C@](C)(O)[C@H]2C[C@@H]21)OC(C)=O. The van der Waals surface area contributed by atoms with Crippen molar-refractivity contribution in [3.8, 4) is 0 Å². The first-order chi connectivity index (χ1) is 11.5. The van der Waals surface area contributed by atoms with E-state index in [0.29, 0.717) is 11.8 Å². The molecule has 0 aromatic heterocycles. The number of carbonyl (C=O) groups is 1. The highest BCUT2D eigenvalue weighted by molar-refractivity contribution is 5.66. The Hall–Kier alpha value is -1.09. The Bertz CT molecular complexity index is 545. The summed E-state index contributed by atoms with van der Waals surface area (Å²) in [5.74, 6) is 0.730. The topological polar surface area (TPSA) is 46.5 Å². The normalized spacial score (nSPS) is 38.7. The van der Waals surface area contributed by atoms with Crippen molar-refractivity contribution in [3.63, 3.8) is 0 Å². The van der Waals surface area contributed by atoms with E-state index in [1.54, 1.807) is 0 Å². The summed E-state index contributed by atoms with van der Waals surface area (Å²) in [6.45, 7) is 14.0. The molecular formula is C22H36O3. The fraction of sp³-hybridized carbons (Fsp3) is 0.773. The first-order valence-corrected chi connectivity index (χ1v) is 9.76. The van der Waals surface area contributed by atoms with Crippen LogP contribution < -0.4 is 0 Å². The van der Waals surface area contributed by atoms with Gasteiger partial charge in [0.25, 0.3) is 0 Å². The van der Waals surface area contributed by atoms with Crippen molar-refractivity contribution in [1.82, 2.24) is 0 Å². The zero-order chi connectivity index (χ0) is 18.8. The summed E-state index contributed by atoms with van der Waals surface area (Å²) in [7, 11) is 0. The van der Waals surface area contributed by atoms with Crippen LogP contribution in [0.4, 0.5) is 0 Å². The van der Waals surface area contributed by atoms with Gasteiger partial charge in [0.05, 0.1) is 5.60 Å². The minimum absolute atomic E-state index is 0.176. The highest BCUT2D eigenvalue weighted by Crippen LogP contribution is 2.60. The van der Waals surface area contributed by atoms with Gasteiger partial charge >= 0.3 is 5.97 Å². The molecule has 0 heterocycles. The van der Waals surface area contributed by atoms with Gasteiger partial charge in [-0.05, 0) is 88.5 Å². The summed E-state index contributed by atoms with van der Waals surface area (Å²) < 4.78 is 5.46. The molecule has 0 unspecified atom stereocenters. The lowest BCUT2D eigenvalue weighted by Gasteiger charge is -2.35. The molecule has 0 amide bonds. The molecule has 2 aliphatic rings. The summed E-state index contributed by atoms with van der Waals surface area (Å²) in [5, 5.41) is 10.9. The van der Waals surface area contributed by atoms with Crippen molar-refractivity contribution in [2.45, 2.75) is 91.3 Å². The van der Waals surface area contributed by atoms with Crippen LogP contribution in [0.2, 0.25) is 0 Å². The Morgan fingerprint density at radius 2 is 2.04 bits per heavy atom. The lowest BCUT2D eigenvalue weighted by atomic mass is 9.72. The quantitative estimate of drug-likeness (QED) is 0.549. The molecule has 1 fully saturated rings. The van der Waals surface area contributed by atoms with E-state index in [-0.39, 0.29) is 17.5 Å². The lowest BCUT2D eigenvalue weighted by Crippen LogP contribution is -2.32. The van der Waals surface area contributed by atoms with Gasteiger partial charge in [0, 0.05) is 6.92 Å². The molecule has 2 aliphatic carbocycles. The van der Waals surface area contributed by atoms with Crippen LogP contribution in [0.5, 0.6) is 0 Å². The summed E-state index contributed by atoms with van der Waals surface area (Å²) in [5.41, 5.74) is 1.95. The standard InChI is InChI=1S/C22H36O3/c1-15(2)20(25-17(4)23)10-13-21(5)12-9-16(3)8-7-11-22(6,24)19-14-18(19)21/h8,18-20,24H,1,7,9-14H2,2-6H3/b16-8-/t18-,19-,20-,21+,22-/m0/s1. The summed E-state index contributed by atoms with van der Waals surface area (Å²) in [6, 6.07) is 0. The maximum atomic E-state index is 11.4. The van der Waals surface area contributed by atoms with Crippen LogP contribution in [-0.4, -0.2) is 22.8 Å². The summed E-state index contributed by atoms with van der Waals surface area (Å²) in [6.07, 6.45) is 9.12. The summed E-state index contributed by atoms with van der Waals surface area (Å²) in [4.78, 5) is 11.4. The van der Waals surface area contributed by atoms with E-state index in [1.165, 1.54) is 12.5 Å². The third-order valence-electron chi connectivity index (χ3n) is 6.55. The zero-order valence-electron chi connectivity index (χ0n) is 16.7. The molecule has 3 heteroatoms. The number of esters is 1. The molecule has 0 aliphatic heterocycles. The highest BCUT2D eigenvalue weighted by Gasteiger charge is 2.56. The first kappa shape index (κ1) is 20.2. The molecule has 142 valence electrons. The Labute approximate surface area is 153 Å². The fourth-order valence-electron chi connectivity index (χ4n) is 4.60. The van der Waals surface area contributed by atoms with Gasteiger partial charge in [0.15, 0.2) is 0 Å². The predicted molar refractivity (Wildman–Crippen MR) is 102 cm³/mol. The van der Waals surface area contributed by atoms with Crippen molar-refractivity contribution in [1.29, 1.82) is 0 Å². The molecule has 0 aromatic rings. The number of rotatable bonds is 5. The van der Waals surface area contributed by atoms with Crippen molar-refractivity contribution in [2.75, 3.05) is 0 Å². The van der Waals surface area contributed by atoms with Crippen molar-refractivity contribution >= 4 is 5.97 Å². The van der Waals surface area contributed by atoms with E-state index in [0.717, 1.165) is 50.5 Å². The van der Waals surface area contributed by atoms with E-state index in [9.17, 15) is 9.90 Å². The van der Waals surface area contributed by atoms with E-state index in [2.05, 4.69) is 26.5 Å². The minimum Gasteiger partial charge on any atom is -0.458 e. The molecule has 1 N–H and O–H groups in total. The number of ether oxygens (including phenoxy) is 1. The lowest BCUT2D eigenvalue weighted by molar-refractivity contribution is -0.145. The Kier molecular flexibility index (Phi) is 6.19. The Morgan fingerprint density at radius 3 is 2.64 bits per heavy atom. The van der Waals surface area contributed by atoms with Crippen LogP contribution in [0.25, 0.3) is 0 Å². The first-order valence-electron chi connectivity index (χ1n) is 9.76.